The highest BCUT2D eigenvalue weighted by atomic mass is 32.1. The molecule has 0 amide bonds. The lowest BCUT2D eigenvalue weighted by Crippen LogP contribution is -1.90. The minimum atomic E-state index is -0.676. The fourth-order valence-corrected chi connectivity index (χ4v) is 2.45. The van der Waals surface area contributed by atoms with E-state index in [4.69, 9.17) is 0 Å². The number of rotatable bonds is 4. The van der Waals surface area contributed by atoms with E-state index in [0.717, 1.165) is 23.4 Å². The van der Waals surface area contributed by atoms with E-state index in [2.05, 4.69) is 0 Å². The lowest BCUT2D eigenvalue weighted by Gasteiger charge is -1.96. The second kappa shape index (κ2) is 5.89. The van der Waals surface area contributed by atoms with Crippen molar-refractivity contribution < 1.29 is 13.6 Å². The number of aryl methyl sites for hydroxylation is 1. The Hall–Kier alpha value is -1.81. The van der Waals surface area contributed by atoms with E-state index in [9.17, 15) is 13.6 Å². The molecule has 2 rings (SSSR count). The number of benzene rings is 1. The lowest BCUT2D eigenvalue weighted by atomic mass is 10.1. The molecule has 0 N–H and O–H groups in total. The molecule has 98 valence electrons. The van der Waals surface area contributed by atoms with Gasteiger partial charge in [-0.3, -0.25) is 4.79 Å². The molecule has 1 heterocycles. The topological polar surface area (TPSA) is 17.1 Å². The van der Waals surface area contributed by atoms with Crippen molar-refractivity contribution in [2.75, 3.05) is 0 Å². The first-order valence-corrected chi connectivity index (χ1v) is 6.68. The van der Waals surface area contributed by atoms with Gasteiger partial charge in [0.2, 0.25) is 0 Å². The second-order valence-electron chi connectivity index (χ2n) is 3.98. The molecule has 0 saturated carbocycles. The summed E-state index contributed by atoms with van der Waals surface area (Å²) in [4.78, 5) is 13.6. The van der Waals surface area contributed by atoms with E-state index in [-0.39, 0.29) is 11.3 Å². The lowest BCUT2D eigenvalue weighted by molar-refractivity contribution is 0.105. The summed E-state index contributed by atoms with van der Waals surface area (Å²) in [7, 11) is 0. The number of hydrogen-bond donors (Lipinski definition) is 0. The Bertz CT molecular complexity index is 629. The summed E-state index contributed by atoms with van der Waals surface area (Å²) in [5, 5.41) is 0. The molecule has 0 bridgehead atoms. The smallest absolute Gasteiger partial charge is 0.195 e. The molecule has 1 nitrogen and oxygen atoms in total. The Morgan fingerprint density at radius 1 is 1.26 bits per heavy atom. The fourth-order valence-electron chi connectivity index (χ4n) is 1.58. The zero-order valence-electron chi connectivity index (χ0n) is 10.3. The first-order chi connectivity index (χ1) is 9.10. The van der Waals surface area contributed by atoms with Gasteiger partial charge in [-0.2, -0.15) is 0 Å². The zero-order valence-corrected chi connectivity index (χ0v) is 11.1. The zero-order chi connectivity index (χ0) is 13.8. The Morgan fingerprint density at radius 3 is 2.68 bits per heavy atom. The molecule has 1 aromatic carbocycles. The average molecular weight is 278 g/mol. The van der Waals surface area contributed by atoms with E-state index >= 15 is 0 Å². The van der Waals surface area contributed by atoms with E-state index in [1.807, 2.05) is 13.0 Å². The second-order valence-corrected chi connectivity index (χ2v) is 5.15. The summed E-state index contributed by atoms with van der Waals surface area (Å²) in [5.41, 5.74) is 0.196. The molecule has 0 aliphatic heterocycles. The van der Waals surface area contributed by atoms with Crippen LogP contribution in [0, 0.1) is 11.6 Å². The van der Waals surface area contributed by atoms with Crippen molar-refractivity contribution in [1.29, 1.82) is 0 Å². The number of thiophene rings is 1. The van der Waals surface area contributed by atoms with E-state index in [0.29, 0.717) is 4.88 Å². The van der Waals surface area contributed by atoms with Gasteiger partial charge in [0.25, 0.3) is 0 Å². The van der Waals surface area contributed by atoms with Crippen LogP contribution in [-0.2, 0) is 6.42 Å². The van der Waals surface area contributed by atoms with Crippen LogP contribution in [0.1, 0.15) is 27.0 Å². The van der Waals surface area contributed by atoms with Crippen molar-refractivity contribution >= 4 is 23.2 Å². The van der Waals surface area contributed by atoms with Gasteiger partial charge < -0.3 is 0 Å². The summed E-state index contributed by atoms with van der Waals surface area (Å²) in [6, 6.07) is 6.93. The minimum Gasteiger partial charge on any atom is -0.288 e. The first kappa shape index (κ1) is 13.6. The van der Waals surface area contributed by atoms with Crippen molar-refractivity contribution in [2.24, 2.45) is 0 Å². The van der Waals surface area contributed by atoms with E-state index < -0.39 is 11.6 Å². The number of hydrogen-bond acceptors (Lipinski definition) is 2. The molecular weight excluding hydrogens is 266 g/mol. The van der Waals surface area contributed by atoms with Crippen molar-refractivity contribution in [1.82, 2.24) is 0 Å². The van der Waals surface area contributed by atoms with Gasteiger partial charge in [-0.25, -0.2) is 8.78 Å². The minimum absolute atomic E-state index is 0.173. The van der Waals surface area contributed by atoms with Crippen LogP contribution in [0.25, 0.3) is 6.08 Å². The number of carbonyl (C=O) groups excluding carboxylic acids is 1. The fraction of sp³-hybridized carbons (Fsp3) is 0.133. The SMILES string of the molecule is CCc1ccc(C(=O)/C=C/c2ccc(F)cc2F)s1. The summed E-state index contributed by atoms with van der Waals surface area (Å²) in [6.45, 7) is 2.02. The maximum absolute atomic E-state index is 13.4. The predicted molar refractivity (Wildman–Crippen MR) is 73.4 cm³/mol. The van der Waals surface area contributed by atoms with Crippen LogP contribution in [0.2, 0.25) is 0 Å². The van der Waals surface area contributed by atoms with Crippen LogP contribution < -0.4 is 0 Å². The molecule has 0 aliphatic carbocycles. The molecule has 19 heavy (non-hydrogen) atoms. The van der Waals surface area contributed by atoms with Crippen LogP contribution in [0.5, 0.6) is 0 Å². The van der Waals surface area contributed by atoms with E-state index in [1.54, 1.807) is 6.07 Å². The first-order valence-electron chi connectivity index (χ1n) is 5.86. The van der Waals surface area contributed by atoms with Gasteiger partial charge in [0, 0.05) is 16.5 Å². The van der Waals surface area contributed by atoms with Gasteiger partial charge in [-0.05, 0) is 42.8 Å². The van der Waals surface area contributed by atoms with Crippen LogP contribution in [0.3, 0.4) is 0 Å². The molecule has 0 radical (unpaired) electrons. The Labute approximate surface area is 114 Å². The summed E-state index contributed by atoms with van der Waals surface area (Å²) >= 11 is 1.43. The van der Waals surface area contributed by atoms with E-state index in [1.165, 1.54) is 29.6 Å². The van der Waals surface area contributed by atoms with Crippen molar-refractivity contribution in [3.63, 3.8) is 0 Å². The monoisotopic (exact) mass is 278 g/mol. The van der Waals surface area contributed by atoms with Gasteiger partial charge in [0.05, 0.1) is 4.88 Å². The molecule has 0 saturated heterocycles. The molecular formula is C15H12F2OS. The van der Waals surface area contributed by atoms with Crippen molar-refractivity contribution in [3.05, 3.63) is 63.4 Å². The van der Waals surface area contributed by atoms with Crippen LogP contribution in [0.4, 0.5) is 8.78 Å². The Kier molecular flexibility index (Phi) is 4.22. The third-order valence-electron chi connectivity index (χ3n) is 2.63. The number of allylic oxidation sites excluding steroid dienone is 1. The van der Waals surface area contributed by atoms with Gasteiger partial charge >= 0.3 is 0 Å². The molecule has 2 aromatic rings. The van der Waals surface area contributed by atoms with Gasteiger partial charge in [-0.1, -0.05) is 6.92 Å². The molecule has 0 unspecified atom stereocenters. The maximum Gasteiger partial charge on any atom is 0.195 e. The molecule has 0 atom stereocenters. The number of carbonyl (C=O) groups is 1. The quantitative estimate of drug-likeness (QED) is 0.595. The largest absolute Gasteiger partial charge is 0.288 e. The van der Waals surface area contributed by atoms with Crippen molar-refractivity contribution in [3.8, 4) is 0 Å². The Balaban J connectivity index is 2.15. The molecule has 4 heteroatoms. The van der Waals surface area contributed by atoms with Gasteiger partial charge in [-0.15, -0.1) is 11.3 Å². The number of halogens is 2. The summed E-state index contributed by atoms with van der Waals surface area (Å²) in [5.74, 6) is -1.48. The molecule has 0 aliphatic rings. The molecule has 0 spiro atoms. The van der Waals surface area contributed by atoms with Crippen LogP contribution in [-0.4, -0.2) is 5.78 Å². The highest BCUT2D eigenvalue weighted by molar-refractivity contribution is 7.14. The predicted octanol–water partition coefficient (Wildman–Crippen LogP) is 4.48. The third kappa shape index (κ3) is 3.35. The van der Waals surface area contributed by atoms with Crippen molar-refractivity contribution in [2.45, 2.75) is 13.3 Å². The third-order valence-corrected chi connectivity index (χ3v) is 3.87. The highest BCUT2D eigenvalue weighted by Crippen LogP contribution is 2.18. The summed E-state index contributed by atoms with van der Waals surface area (Å²) < 4.78 is 26.1. The Morgan fingerprint density at radius 2 is 2.05 bits per heavy atom. The molecule has 1 aromatic heterocycles. The maximum atomic E-state index is 13.4. The van der Waals surface area contributed by atoms with Gasteiger partial charge in [0.15, 0.2) is 5.78 Å². The number of ketones is 1. The molecule has 0 fully saturated rings. The van der Waals surface area contributed by atoms with Crippen LogP contribution in [0.15, 0.2) is 36.4 Å². The standard InChI is InChI=1S/C15H12F2OS/c1-2-12-6-8-15(19-12)14(18)7-4-10-3-5-11(16)9-13(10)17/h3-9H,2H2,1H3/b7-4+. The summed E-state index contributed by atoms with van der Waals surface area (Å²) in [6.07, 6.45) is 3.55. The highest BCUT2D eigenvalue weighted by Gasteiger charge is 2.06. The average Bonchev–Trinajstić information content (AvgIpc) is 2.86. The van der Waals surface area contributed by atoms with Crippen LogP contribution >= 0.6 is 11.3 Å². The van der Waals surface area contributed by atoms with Gasteiger partial charge in [0.1, 0.15) is 11.6 Å². The normalized spacial score (nSPS) is 11.1.